The van der Waals surface area contributed by atoms with Crippen molar-refractivity contribution >= 4 is 0 Å². The van der Waals surface area contributed by atoms with Gasteiger partial charge < -0.3 is 5.73 Å². The molecule has 0 rings (SSSR count). The molecule has 1 atom stereocenters. The van der Waals surface area contributed by atoms with Crippen molar-refractivity contribution in [2.75, 3.05) is 6.54 Å². The molecule has 2 N–H and O–H groups in total. The van der Waals surface area contributed by atoms with Crippen molar-refractivity contribution in [1.29, 1.82) is 0 Å². The van der Waals surface area contributed by atoms with Crippen molar-refractivity contribution in [2.45, 2.75) is 40.5 Å². The van der Waals surface area contributed by atoms with Gasteiger partial charge in [-0.2, -0.15) is 0 Å². The van der Waals surface area contributed by atoms with Crippen LogP contribution in [-0.2, 0) is 0 Å². The summed E-state index contributed by atoms with van der Waals surface area (Å²) in [5.74, 6) is 0.751. The van der Waals surface area contributed by atoms with Gasteiger partial charge in [0, 0.05) is 0 Å². The van der Waals surface area contributed by atoms with Crippen LogP contribution in [0.2, 0.25) is 0 Å². The fourth-order valence-corrected chi connectivity index (χ4v) is 1.20. The van der Waals surface area contributed by atoms with Gasteiger partial charge in [-0.15, -0.1) is 0 Å². The second-order valence-corrected chi connectivity index (χ2v) is 3.70. The smallest absolute Gasteiger partial charge is 0.00720 e. The normalized spacial score (nSPS) is 17.4. The molecule has 1 unspecified atom stereocenters. The van der Waals surface area contributed by atoms with Crippen molar-refractivity contribution in [3.05, 3.63) is 0 Å². The van der Waals surface area contributed by atoms with E-state index < -0.39 is 0 Å². The molecular weight excluding hydrogens is 122 g/mol. The lowest BCUT2D eigenvalue weighted by atomic mass is 9.74. The molecule has 0 aromatic carbocycles. The summed E-state index contributed by atoms with van der Waals surface area (Å²) in [5, 5.41) is 0. The zero-order valence-electron chi connectivity index (χ0n) is 7.78. The third-order valence-corrected chi connectivity index (χ3v) is 2.92. The minimum atomic E-state index is 0.467. The van der Waals surface area contributed by atoms with E-state index in [1.165, 1.54) is 6.42 Å². The Morgan fingerprint density at radius 3 is 2.00 bits per heavy atom. The minimum Gasteiger partial charge on any atom is -0.330 e. The molecule has 0 fully saturated rings. The van der Waals surface area contributed by atoms with E-state index in [2.05, 4.69) is 27.7 Å². The van der Waals surface area contributed by atoms with Gasteiger partial charge in [0.1, 0.15) is 0 Å². The number of rotatable bonds is 4. The predicted molar refractivity (Wildman–Crippen MR) is 46.9 cm³/mol. The van der Waals surface area contributed by atoms with Crippen LogP contribution in [0.25, 0.3) is 0 Å². The summed E-state index contributed by atoms with van der Waals surface area (Å²) in [7, 11) is 0. The van der Waals surface area contributed by atoms with Crippen LogP contribution in [0.5, 0.6) is 0 Å². The summed E-state index contributed by atoms with van der Waals surface area (Å²) in [6.07, 6.45) is 2.39. The maximum absolute atomic E-state index is 5.53. The highest BCUT2D eigenvalue weighted by Crippen LogP contribution is 2.33. The Morgan fingerprint density at radius 1 is 1.40 bits per heavy atom. The van der Waals surface area contributed by atoms with Crippen LogP contribution >= 0.6 is 0 Å². The molecule has 0 aliphatic carbocycles. The van der Waals surface area contributed by atoms with Gasteiger partial charge >= 0.3 is 0 Å². The second-order valence-electron chi connectivity index (χ2n) is 3.70. The quantitative estimate of drug-likeness (QED) is 0.642. The zero-order valence-corrected chi connectivity index (χ0v) is 7.78. The molecule has 0 aromatic heterocycles. The number of hydrogen-bond acceptors (Lipinski definition) is 1. The highest BCUT2D eigenvalue weighted by Gasteiger charge is 2.24. The van der Waals surface area contributed by atoms with E-state index in [1.54, 1.807) is 0 Å². The maximum Gasteiger partial charge on any atom is -0.00720 e. The van der Waals surface area contributed by atoms with Crippen LogP contribution in [0.1, 0.15) is 40.5 Å². The summed E-state index contributed by atoms with van der Waals surface area (Å²) >= 11 is 0. The lowest BCUT2D eigenvalue weighted by Crippen LogP contribution is -2.25. The van der Waals surface area contributed by atoms with E-state index in [-0.39, 0.29) is 0 Å². The monoisotopic (exact) mass is 143 g/mol. The molecule has 1 heteroatoms. The van der Waals surface area contributed by atoms with Crippen molar-refractivity contribution in [1.82, 2.24) is 0 Å². The van der Waals surface area contributed by atoms with E-state index >= 15 is 0 Å². The van der Waals surface area contributed by atoms with Crippen molar-refractivity contribution < 1.29 is 0 Å². The molecule has 10 heavy (non-hydrogen) atoms. The van der Waals surface area contributed by atoms with Gasteiger partial charge in [0.2, 0.25) is 0 Å². The average Bonchev–Trinajstić information content (AvgIpc) is 1.88. The van der Waals surface area contributed by atoms with E-state index in [0.717, 1.165) is 18.9 Å². The Bertz CT molecular complexity index is 88.7. The van der Waals surface area contributed by atoms with Gasteiger partial charge in [0.25, 0.3) is 0 Å². The fraction of sp³-hybridized carbons (Fsp3) is 1.00. The topological polar surface area (TPSA) is 26.0 Å². The lowest BCUT2D eigenvalue weighted by Gasteiger charge is -2.32. The van der Waals surface area contributed by atoms with E-state index in [4.69, 9.17) is 5.73 Å². The van der Waals surface area contributed by atoms with Crippen LogP contribution in [-0.4, -0.2) is 6.54 Å². The van der Waals surface area contributed by atoms with Crippen molar-refractivity contribution in [2.24, 2.45) is 17.1 Å². The summed E-state index contributed by atoms with van der Waals surface area (Å²) in [5.41, 5.74) is 6.00. The zero-order chi connectivity index (χ0) is 8.20. The van der Waals surface area contributed by atoms with Gasteiger partial charge in [-0.3, -0.25) is 0 Å². The molecule has 0 aliphatic heterocycles. The predicted octanol–water partition coefficient (Wildman–Crippen LogP) is 2.41. The number of nitrogens with two attached hydrogens (primary N) is 1. The van der Waals surface area contributed by atoms with E-state index in [1.807, 2.05) is 0 Å². The average molecular weight is 143 g/mol. The molecule has 0 heterocycles. The van der Waals surface area contributed by atoms with Gasteiger partial charge in [-0.25, -0.2) is 0 Å². The fourth-order valence-electron chi connectivity index (χ4n) is 1.20. The highest BCUT2D eigenvalue weighted by molar-refractivity contribution is 4.76. The summed E-state index contributed by atoms with van der Waals surface area (Å²) in [6.45, 7) is 9.95. The van der Waals surface area contributed by atoms with Crippen molar-refractivity contribution in [3.63, 3.8) is 0 Å². The molecule has 0 bridgehead atoms. The van der Waals surface area contributed by atoms with Gasteiger partial charge in [-0.05, 0) is 24.3 Å². The molecule has 0 spiro atoms. The first-order chi connectivity index (χ1) is 4.56. The third-order valence-electron chi connectivity index (χ3n) is 2.92. The van der Waals surface area contributed by atoms with Gasteiger partial charge in [0.15, 0.2) is 0 Å². The van der Waals surface area contributed by atoms with Crippen LogP contribution < -0.4 is 5.73 Å². The molecule has 62 valence electrons. The molecule has 0 amide bonds. The molecule has 0 saturated heterocycles. The Morgan fingerprint density at radius 2 is 1.90 bits per heavy atom. The molecular formula is C9H21N. The second kappa shape index (κ2) is 3.97. The first-order valence-electron chi connectivity index (χ1n) is 4.27. The van der Waals surface area contributed by atoms with E-state index in [9.17, 15) is 0 Å². The Hall–Kier alpha value is -0.0400. The van der Waals surface area contributed by atoms with Gasteiger partial charge in [-0.1, -0.05) is 34.1 Å². The summed E-state index contributed by atoms with van der Waals surface area (Å²) < 4.78 is 0. The first-order valence-corrected chi connectivity index (χ1v) is 4.27. The summed E-state index contributed by atoms with van der Waals surface area (Å²) in [4.78, 5) is 0. The standard InChI is InChI=1S/C9H21N/c1-5-9(4,6-7-10)8(2)3/h8H,5-7,10H2,1-4H3. The van der Waals surface area contributed by atoms with E-state index in [0.29, 0.717) is 5.41 Å². The van der Waals surface area contributed by atoms with Crippen LogP contribution in [0.4, 0.5) is 0 Å². The van der Waals surface area contributed by atoms with Crippen LogP contribution in [0.3, 0.4) is 0 Å². The molecule has 0 saturated carbocycles. The Kier molecular flexibility index (Phi) is 3.95. The largest absolute Gasteiger partial charge is 0.330 e. The molecule has 0 radical (unpaired) electrons. The van der Waals surface area contributed by atoms with Gasteiger partial charge in [0.05, 0.1) is 0 Å². The molecule has 1 nitrogen and oxygen atoms in total. The molecule has 0 aliphatic rings. The molecule has 0 aromatic rings. The summed E-state index contributed by atoms with van der Waals surface area (Å²) in [6, 6.07) is 0. The lowest BCUT2D eigenvalue weighted by molar-refractivity contribution is 0.194. The van der Waals surface area contributed by atoms with Crippen LogP contribution in [0, 0.1) is 11.3 Å². The minimum absolute atomic E-state index is 0.467. The Balaban J connectivity index is 3.94. The third kappa shape index (κ3) is 2.30. The highest BCUT2D eigenvalue weighted by atomic mass is 14.5. The Labute approximate surface area is 65.0 Å². The maximum atomic E-state index is 5.53. The SMILES string of the molecule is CCC(C)(CCN)C(C)C. The number of hydrogen-bond donors (Lipinski definition) is 1. The first kappa shape index (κ1) is 9.96. The van der Waals surface area contributed by atoms with Crippen molar-refractivity contribution in [3.8, 4) is 0 Å². The van der Waals surface area contributed by atoms with Crippen LogP contribution in [0.15, 0.2) is 0 Å².